The first-order chi connectivity index (χ1) is 10.2. The van der Waals surface area contributed by atoms with E-state index in [2.05, 4.69) is 15.6 Å². The molecule has 126 valence electrons. The highest BCUT2D eigenvalue weighted by molar-refractivity contribution is 14.0. The van der Waals surface area contributed by atoms with E-state index in [-0.39, 0.29) is 30.7 Å². The number of methoxy groups -OCH3 is 1. The van der Waals surface area contributed by atoms with Gasteiger partial charge in [0.15, 0.2) is 17.5 Å². The highest BCUT2D eigenvalue weighted by atomic mass is 127. The predicted octanol–water partition coefficient (Wildman–Crippen LogP) is 3.45. The molecule has 5 nitrogen and oxygen atoms in total. The minimum atomic E-state index is -0.361. The van der Waals surface area contributed by atoms with Gasteiger partial charge in [-0.2, -0.15) is 0 Å². The second kappa shape index (κ2) is 12.3. The molecule has 0 radical (unpaired) electrons. The van der Waals surface area contributed by atoms with Crippen LogP contribution in [0.1, 0.15) is 20.3 Å². The minimum Gasteiger partial charge on any atom is -0.493 e. The number of hydrogen-bond donors (Lipinski definition) is 2. The van der Waals surface area contributed by atoms with Crippen LogP contribution in [0.4, 0.5) is 10.1 Å². The quantitative estimate of drug-likeness (QED) is 0.290. The number of anilines is 1. The molecule has 7 heteroatoms. The topological polar surface area (TPSA) is 54.9 Å². The summed E-state index contributed by atoms with van der Waals surface area (Å²) in [5.74, 6) is 1.98. The maximum absolute atomic E-state index is 12.1. The van der Waals surface area contributed by atoms with Gasteiger partial charge in [0, 0.05) is 24.8 Å². The Bertz CT molecular complexity index is 458. The smallest absolute Gasteiger partial charge is 0.195 e. The van der Waals surface area contributed by atoms with Crippen molar-refractivity contribution in [2.75, 3.05) is 38.8 Å². The third kappa shape index (κ3) is 7.15. The van der Waals surface area contributed by atoms with E-state index in [9.17, 15) is 4.39 Å². The van der Waals surface area contributed by atoms with Gasteiger partial charge in [0.25, 0.3) is 0 Å². The zero-order chi connectivity index (χ0) is 15.5. The fraction of sp³-hybridized carbons (Fsp3) is 0.533. The lowest BCUT2D eigenvalue weighted by Crippen LogP contribution is -2.30. The average Bonchev–Trinajstić information content (AvgIpc) is 2.49. The third-order valence-corrected chi connectivity index (χ3v) is 2.63. The van der Waals surface area contributed by atoms with E-state index < -0.39 is 0 Å². The number of ether oxygens (including phenoxy) is 2. The monoisotopic (exact) mass is 425 g/mol. The average molecular weight is 425 g/mol. The second-order valence-corrected chi connectivity index (χ2v) is 4.23. The molecule has 0 aromatic heterocycles. The molecule has 0 saturated heterocycles. The van der Waals surface area contributed by atoms with Crippen LogP contribution in [0.25, 0.3) is 0 Å². The number of rotatable bonds is 8. The zero-order valence-corrected chi connectivity index (χ0v) is 15.6. The van der Waals surface area contributed by atoms with Crippen molar-refractivity contribution in [3.05, 3.63) is 18.2 Å². The van der Waals surface area contributed by atoms with Gasteiger partial charge in [-0.15, -0.1) is 24.0 Å². The molecule has 1 aromatic carbocycles. The summed E-state index contributed by atoms with van der Waals surface area (Å²) >= 11 is 0. The molecular weight excluding hydrogens is 400 g/mol. The van der Waals surface area contributed by atoms with Crippen molar-refractivity contribution in [2.45, 2.75) is 20.3 Å². The SMILES string of the molecule is CCNC(=NCCCF)Nc1ccc(OCC)c(OC)c1.I. The molecule has 0 aliphatic heterocycles. The second-order valence-electron chi connectivity index (χ2n) is 4.23. The summed E-state index contributed by atoms with van der Waals surface area (Å²) in [7, 11) is 1.60. The Morgan fingerprint density at radius 2 is 2.05 bits per heavy atom. The molecule has 1 aromatic rings. The Morgan fingerprint density at radius 1 is 1.27 bits per heavy atom. The maximum Gasteiger partial charge on any atom is 0.195 e. The van der Waals surface area contributed by atoms with Gasteiger partial charge in [0.1, 0.15) is 0 Å². The van der Waals surface area contributed by atoms with Gasteiger partial charge < -0.3 is 20.1 Å². The van der Waals surface area contributed by atoms with Gasteiger partial charge in [-0.05, 0) is 32.4 Å². The van der Waals surface area contributed by atoms with Gasteiger partial charge >= 0.3 is 0 Å². The Hall–Kier alpha value is -1.25. The number of halogens is 2. The van der Waals surface area contributed by atoms with E-state index >= 15 is 0 Å². The molecule has 0 fully saturated rings. The molecular formula is C15H25FIN3O2. The summed E-state index contributed by atoms with van der Waals surface area (Å²) in [4.78, 5) is 4.30. The van der Waals surface area contributed by atoms with E-state index in [4.69, 9.17) is 9.47 Å². The van der Waals surface area contributed by atoms with Crippen LogP contribution in [-0.4, -0.2) is 39.4 Å². The first kappa shape index (κ1) is 20.8. The number of benzene rings is 1. The van der Waals surface area contributed by atoms with E-state index in [0.29, 0.717) is 37.0 Å². The zero-order valence-electron chi connectivity index (χ0n) is 13.3. The van der Waals surface area contributed by atoms with E-state index in [1.807, 2.05) is 32.0 Å². The number of nitrogens with one attached hydrogen (secondary N) is 2. The molecule has 0 saturated carbocycles. The normalized spacial score (nSPS) is 10.6. The molecule has 0 atom stereocenters. The summed E-state index contributed by atoms with van der Waals surface area (Å²) in [5.41, 5.74) is 0.829. The summed E-state index contributed by atoms with van der Waals surface area (Å²) < 4.78 is 22.9. The highest BCUT2D eigenvalue weighted by Crippen LogP contribution is 2.30. The van der Waals surface area contributed by atoms with Crippen LogP contribution in [-0.2, 0) is 0 Å². The minimum absolute atomic E-state index is 0. The maximum atomic E-state index is 12.1. The van der Waals surface area contributed by atoms with Gasteiger partial charge in [0.2, 0.25) is 0 Å². The molecule has 0 unspecified atom stereocenters. The molecule has 22 heavy (non-hydrogen) atoms. The van der Waals surface area contributed by atoms with Gasteiger partial charge in [-0.25, -0.2) is 0 Å². The van der Waals surface area contributed by atoms with Crippen LogP contribution < -0.4 is 20.1 Å². The van der Waals surface area contributed by atoms with Crippen molar-refractivity contribution >= 4 is 35.6 Å². The summed E-state index contributed by atoms with van der Waals surface area (Å²) in [6.45, 7) is 5.30. The lowest BCUT2D eigenvalue weighted by atomic mass is 10.2. The highest BCUT2D eigenvalue weighted by Gasteiger charge is 2.06. The molecule has 0 bridgehead atoms. The molecule has 2 N–H and O–H groups in total. The van der Waals surface area contributed by atoms with Crippen molar-refractivity contribution in [2.24, 2.45) is 4.99 Å². The molecule has 0 aliphatic carbocycles. The standard InChI is InChI=1S/C15H24FN3O2.HI/c1-4-17-15(18-10-6-9-16)19-12-7-8-13(21-5-2)14(11-12)20-3;/h7-8,11H,4-6,9-10H2,1-3H3,(H2,17,18,19);1H. The van der Waals surface area contributed by atoms with Crippen molar-refractivity contribution in [1.82, 2.24) is 5.32 Å². The Kier molecular flexibility index (Phi) is 11.6. The van der Waals surface area contributed by atoms with Crippen LogP contribution in [0.5, 0.6) is 11.5 Å². The lowest BCUT2D eigenvalue weighted by Gasteiger charge is -2.14. The van der Waals surface area contributed by atoms with Crippen molar-refractivity contribution in [3.8, 4) is 11.5 Å². The number of hydrogen-bond acceptors (Lipinski definition) is 3. The number of aliphatic imine (C=N–C) groups is 1. The van der Waals surface area contributed by atoms with Crippen LogP contribution in [0.3, 0.4) is 0 Å². The predicted molar refractivity (Wildman–Crippen MR) is 99.8 cm³/mol. The summed E-state index contributed by atoms with van der Waals surface area (Å²) in [5, 5.41) is 6.28. The molecule has 0 spiro atoms. The van der Waals surface area contributed by atoms with Crippen molar-refractivity contribution in [3.63, 3.8) is 0 Å². The van der Waals surface area contributed by atoms with E-state index in [1.54, 1.807) is 7.11 Å². The summed E-state index contributed by atoms with van der Waals surface area (Å²) in [6.07, 6.45) is 0.420. The van der Waals surface area contributed by atoms with Crippen molar-refractivity contribution < 1.29 is 13.9 Å². The van der Waals surface area contributed by atoms with Crippen LogP contribution in [0, 0.1) is 0 Å². The van der Waals surface area contributed by atoms with E-state index in [1.165, 1.54) is 0 Å². The largest absolute Gasteiger partial charge is 0.493 e. The first-order valence-electron chi connectivity index (χ1n) is 7.17. The number of guanidine groups is 1. The molecule has 0 aliphatic rings. The van der Waals surface area contributed by atoms with Crippen LogP contribution in [0.15, 0.2) is 23.2 Å². The lowest BCUT2D eigenvalue weighted by molar-refractivity contribution is 0.311. The first-order valence-corrected chi connectivity index (χ1v) is 7.17. The Morgan fingerprint density at radius 3 is 2.64 bits per heavy atom. The number of nitrogens with zero attached hydrogens (tertiary/aromatic N) is 1. The molecule has 0 heterocycles. The van der Waals surface area contributed by atoms with Gasteiger partial charge in [-0.1, -0.05) is 0 Å². The fourth-order valence-electron chi connectivity index (χ4n) is 1.71. The fourth-order valence-corrected chi connectivity index (χ4v) is 1.71. The van der Waals surface area contributed by atoms with Gasteiger partial charge in [-0.3, -0.25) is 9.38 Å². The van der Waals surface area contributed by atoms with Crippen molar-refractivity contribution in [1.29, 1.82) is 0 Å². The Labute approximate surface area is 148 Å². The van der Waals surface area contributed by atoms with Crippen LogP contribution in [0.2, 0.25) is 0 Å². The van der Waals surface area contributed by atoms with Crippen LogP contribution >= 0.6 is 24.0 Å². The van der Waals surface area contributed by atoms with E-state index in [0.717, 1.165) is 12.2 Å². The van der Waals surface area contributed by atoms with Gasteiger partial charge in [0.05, 0.1) is 20.4 Å². The summed E-state index contributed by atoms with van der Waals surface area (Å²) in [6, 6.07) is 5.57. The third-order valence-electron chi connectivity index (χ3n) is 2.63. The number of alkyl halides is 1. The molecule has 0 amide bonds. The Balaban J connectivity index is 0.00000441. The molecule has 1 rings (SSSR count).